The average molecular weight is 369 g/mol. The Morgan fingerprint density at radius 3 is 2.48 bits per heavy atom. The number of ketones is 1. The monoisotopic (exact) mass is 368 g/mol. The Hall–Kier alpha value is -2.69. The van der Waals surface area contributed by atoms with Crippen LogP contribution in [0.5, 0.6) is 5.75 Å². The van der Waals surface area contributed by atoms with Crippen LogP contribution in [0.3, 0.4) is 0 Å². The van der Waals surface area contributed by atoms with Gasteiger partial charge in [-0.25, -0.2) is 4.79 Å². The first-order chi connectivity index (χ1) is 12.1. The van der Waals surface area contributed by atoms with Crippen molar-refractivity contribution in [3.8, 4) is 5.75 Å². The Balaban J connectivity index is 1.65. The van der Waals surface area contributed by atoms with Crippen molar-refractivity contribution in [2.75, 3.05) is 0 Å². The number of benzene rings is 2. The second kappa shape index (κ2) is 7.92. The maximum atomic E-state index is 12.2. The van der Waals surface area contributed by atoms with Crippen molar-refractivity contribution in [3.63, 3.8) is 0 Å². The van der Waals surface area contributed by atoms with E-state index in [0.717, 1.165) is 5.56 Å². The molecule has 0 amide bonds. The van der Waals surface area contributed by atoms with Crippen molar-refractivity contribution < 1.29 is 14.3 Å². The van der Waals surface area contributed by atoms with Crippen LogP contribution >= 0.6 is 22.9 Å². The number of thiophene rings is 1. The molecule has 2 aromatic carbocycles. The molecule has 0 spiro atoms. The molecule has 3 nitrogen and oxygen atoms in total. The van der Waals surface area contributed by atoms with Crippen LogP contribution in [0.4, 0.5) is 0 Å². The van der Waals surface area contributed by atoms with Crippen molar-refractivity contribution in [3.05, 3.63) is 93.1 Å². The normalized spacial score (nSPS) is 10.8. The minimum absolute atomic E-state index is 0.142. The third kappa shape index (κ3) is 4.66. The molecule has 1 aromatic heterocycles. The van der Waals surface area contributed by atoms with Crippen molar-refractivity contribution in [2.45, 2.75) is 0 Å². The summed E-state index contributed by atoms with van der Waals surface area (Å²) in [7, 11) is 0. The predicted octanol–water partition coefficient (Wildman–Crippen LogP) is 5.52. The maximum Gasteiger partial charge on any atom is 0.353 e. The van der Waals surface area contributed by atoms with Gasteiger partial charge >= 0.3 is 5.97 Å². The topological polar surface area (TPSA) is 43.4 Å². The molecule has 1 heterocycles. The Morgan fingerprint density at radius 2 is 1.80 bits per heavy atom. The molecule has 0 atom stereocenters. The number of halogens is 1. The van der Waals surface area contributed by atoms with Gasteiger partial charge in [0.15, 0.2) is 5.78 Å². The van der Waals surface area contributed by atoms with Gasteiger partial charge in [-0.1, -0.05) is 35.9 Å². The highest BCUT2D eigenvalue weighted by Gasteiger charge is 2.10. The molecule has 124 valence electrons. The Bertz CT molecular complexity index is 912. The third-order valence-corrected chi connectivity index (χ3v) is 4.43. The summed E-state index contributed by atoms with van der Waals surface area (Å²) in [4.78, 5) is 24.6. The fourth-order valence-corrected chi connectivity index (χ4v) is 2.92. The van der Waals surface area contributed by atoms with Gasteiger partial charge in [0.25, 0.3) is 0 Å². The molecular formula is C20H13ClO3S. The maximum absolute atomic E-state index is 12.2. The van der Waals surface area contributed by atoms with Crippen molar-refractivity contribution in [2.24, 2.45) is 0 Å². The number of allylic oxidation sites excluding steroid dienone is 1. The van der Waals surface area contributed by atoms with Crippen LogP contribution in [0.25, 0.3) is 6.08 Å². The molecule has 0 N–H and O–H groups in total. The van der Waals surface area contributed by atoms with E-state index in [9.17, 15) is 9.59 Å². The van der Waals surface area contributed by atoms with E-state index in [1.807, 2.05) is 17.5 Å². The van der Waals surface area contributed by atoms with Gasteiger partial charge in [0.05, 0.1) is 0 Å². The zero-order chi connectivity index (χ0) is 17.6. The molecule has 0 fully saturated rings. The number of rotatable bonds is 5. The largest absolute Gasteiger partial charge is 0.422 e. The summed E-state index contributed by atoms with van der Waals surface area (Å²) in [6.07, 6.45) is 3.19. The van der Waals surface area contributed by atoms with Crippen molar-refractivity contribution in [1.82, 2.24) is 0 Å². The molecule has 0 aliphatic carbocycles. The molecule has 0 bridgehead atoms. The summed E-state index contributed by atoms with van der Waals surface area (Å²) in [5.41, 5.74) is 1.36. The van der Waals surface area contributed by atoms with Gasteiger partial charge < -0.3 is 4.74 Å². The first kappa shape index (κ1) is 17.1. The van der Waals surface area contributed by atoms with E-state index < -0.39 is 5.97 Å². The lowest BCUT2D eigenvalue weighted by atomic mass is 10.1. The number of carbonyl (C=O) groups excluding carboxylic acids is 2. The van der Waals surface area contributed by atoms with E-state index in [2.05, 4.69) is 0 Å². The van der Waals surface area contributed by atoms with E-state index in [1.54, 1.807) is 54.6 Å². The van der Waals surface area contributed by atoms with Gasteiger partial charge in [-0.05, 0) is 59.5 Å². The fourth-order valence-electron chi connectivity index (χ4n) is 2.12. The Kier molecular flexibility index (Phi) is 5.43. The van der Waals surface area contributed by atoms with E-state index in [1.165, 1.54) is 17.4 Å². The number of hydrogen-bond acceptors (Lipinski definition) is 4. The highest BCUT2D eigenvalue weighted by Crippen LogP contribution is 2.17. The molecule has 3 aromatic rings. The Morgan fingerprint density at radius 1 is 1.00 bits per heavy atom. The minimum atomic E-state index is -0.407. The lowest BCUT2D eigenvalue weighted by molar-refractivity contribution is 0.0740. The van der Waals surface area contributed by atoms with Crippen LogP contribution in [0.1, 0.15) is 25.6 Å². The molecular weight excluding hydrogens is 356 g/mol. The molecule has 0 unspecified atom stereocenters. The van der Waals surface area contributed by atoms with Crippen LogP contribution in [0.2, 0.25) is 5.02 Å². The average Bonchev–Trinajstić information content (AvgIpc) is 3.15. The van der Waals surface area contributed by atoms with Gasteiger partial charge in [-0.2, -0.15) is 0 Å². The zero-order valence-electron chi connectivity index (χ0n) is 13.0. The zero-order valence-corrected chi connectivity index (χ0v) is 14.6. The smallest absolute Gasteiger partial charge is 0.353 e. The second-order valence-corrected chi connectivity index (χ2v) is 6.53. The van der Waals surface area contributed by atoms with E-state index in [-0.39, 0.29) is 5.78 Å². The molecule has 5 heteroatoms. The van der Waals surface area contributed by atoms with Gasteiger partial charge in [0.2, 0.25) is 0 Å². The molecule has 0 saturated heterocycles. The summed E-state index contributed by atoms with van der Waals surface area (Å²) in [5.74, 6) is -0.153. The van der Waals surface area contributed by atoms with E-state index in [0.29, 0.717) is 21.2 Å². The van der Waals surface area contributed by atoms with Crippen LogP contribution in [-0.2, 0) is 0 Å². The highest BCUT2D eigenvalue weighted by molar-refractivity contribution is 7.12. The van der Waals surface area contributed by atoms with Crippen molar-refractivity contribution >= 4 is 40.8 Å². The number of hydrogen-bond donors (Lipinski definition) is 0. The fraction of sp³-hybridized carbons (Fsp3) is 0. The van der Waals surface area contributed by atoms with Gasteiger partial charge in [0.1, 0.15) is 10.6 Å². The Labute approximate surface area is 154 Å². The number of esters is 1. The summed E-state index contributed by atoms with van der Waals surface area (Å²) in [6.45, 7) is 0. The van der Waals surface area contributed by atoms with Gasteiger partial charge in [-0.15, -0.1) is 11.3 Å². The lowest BCUT2D eigenvalue weighted by Gasteiger charge is -2.03. The first-order valence-electron chi connectivity index (χ1n) is 7.45. The van der Waals surface area contributed by atoms with Crippen LogP contribution in [0.15, 0.2) is 72.1 Å². The van der Waals surface area contributed by atoms with Crippen LogP contribution < -0.4 is 4.74 Å². The molecule has 0 radical (unpaired) electrons. The highest BCUT2D eigenvalue weighted by atomic mass is 35.5. The summed E-state index contributed by atoms with van der Waals surface area (Å²) in [6, 6.07) is 17.2. The molecule has 0 saturated carbocycles. The summed E-state index contributed by atoms with van der Waals surface area (Å²) < 4.78 is 5.26. The number of ether oxygens (including phenoxy) is 1. The van der Waals surface area contributed by atoms with E-state index >= 15 is 0 Å². The molecule has 0 aliphatic rings. The van der Waals surface area contributed by atoms with E-state index in [4.69, 9.17) is 16.3 Å². The summed E-state index contributed by atoms with van der Waals surface area (Å²) >= 11 is 7.23. The quantitative estimate of drug-likeness (QED) is 0.258. The third-order valence-electron chi connectivity index (χ3n) is 3.35. The number of carbonyl (C=O) groups is 2. The molecule has 0 aliphatic heterocycles. The van der Waals surface area contributed by atoms with Gasteiger partial charge in [-0.3, -0.25) is 4.79 Å². The minimum Gasteiger partial charge on any atom is -0.422 e. The SMILES string of the molecule is O=C(C=Cc1cccc(Cl)c1)c1ccc(OC(=O)c2cccs2)cc1. The molecule has 25 heavy (non-hydrogen) atoms. The summed E-state index contributed by atoms with van der Waals surface area (Å²) in [5, 5.41) is 2.43. The second-order valence-electron chi connectivity index (χ2n) is 5.14. The van der Waals surface area contributed by atoms with Gasteiger partial charge in [0, 0.05) is 10.6 Å². The first-order valence-corrected chi connectivity index (χ1v) is 8.71. The van der Waals surface area contributed by atoms with Crippen LogP contribution in [0, 0.1) is 0 Å². The predicted molar refractivity (Wildman–Crippen MR) is 101 cm³/mol. The van der Waals surface area contributed by atoms with Crippen LogP contribution in [-0.4, -0.2) is 11.8 Å². The van der Waals surface area contributed by atoms with Crippen molar-refractivity contribution in [1.29, 1.82) is 0 Å². The standard InChI is InChI=1S/C20H13ClO3S/c21-16-4-1-3-14(13-16)6-11-18(22)15-7-9-17(10-8-15)24-20(23)19-5-2-12-25-19/h1-13H. The molecule has 3 rings (SSSR count). The lowest BCUT2D eigenvalue weighted by Crippen LogP contribution is -2.06.